The molecule has 0 unspecified atom stereocenters. The van der Waals surface area contributed by atoms with E-state index in [-0.39, 0.29) is 5.91 Å². The molecule has 5 heteroatoms. The highest BCUT2D eigenvalue weighted by Crippen LogP contribution is 2.13. The molecule has 0 atom stereocenters. The number of nitrogens with one attached hydrogen (secondary N) is 2. The number of aromatic amines is 1. The molecule has 1 aliphatic rings. The molecular weight excluding hydrogens is 306 g/mol. The standard InChI is InChI=1S/C18H21N3OS/c22-17(16-4-3-9-19-18(16)23)20-12-14-5-7-15(8-6-14)13-21-10-1-2-11-21/h3-9H,1-2,10-13H2,(H,19,23)(H,20,22). The molecule has 1 aromatic carbocycles. The topological polar surface area (TPSA) is 48.1 Å². The molecule has 1 fully saturated rings. The first-order valence-corrected chi connectivity index (χ1v) is 8.39. The van der Waals surface area contributed by atoms with Crippen LogP contribution in [0.15, 0.2) is 42.6 Å². The maximum absolute atomic E-state index is 12.1. The molecule has 1 saturated heterocycles. The predicted molar refractivity (Wildman–Crippen MR) is 93.7 cm³/mol. The molecule has 0 radical (unpaired) electrons. The van der Waals surface area contributed by atoms with Crippen LogP contribution in [0.3, 0.4) is 0 Å². The number of H-pyrrole nitrogens is 1. The highest BCUT2D eigenvalue weighted by molar-refractivity contribution is 7.71. The SMILES string of the molecule is O=C(NCc1ccc(CN2CCCC2)cc1)c1ccc[nH]c1=S. The van der Waals surface area contributed by atoms with Crippen molar-refractivity contribution in [1.29, 1.82) is 0 Å². The molecule has 0 bridgehead atoms. The number of hydrogen-bond acceptors (Lipinski definition) is 3. The van der Waals surface area contributed by atoms with Gasteiger partial charge in [0.15, 0.2) is 0 Å². The first-order chi connectivity index (χ1) is 11.2. The molecule has 120 valence electrons. The third kappa shape index (κ3) is 4.27. The Labute approximate surface area is 141 Å². The van der Waals surface area contributed by atoms with Crippen molar-refractivity contribution in [2.24, 2.45) is 0 Å². The first kappa shape index (κ1) is 15.9. The molecule has 2 heterocycles. The summed E-state index contributed by atoms with van der Waals surface area (Å²) >= 11 is 5.12. The number of carbonyl (C=O) groups excluding carboxylic acids is 1. The molecule has 23 heavy (non-hydrogen) atoms. The molecule has 3 rings (SSSR count). The molecular formula is C18H21N3OS. The number of nitrogens with zero attached hydrogens (tertiary/aromatic N) is 1. The lowest BCUT2D eigenvalue weighted by Gasteiger charge is -2.14. The van der Waals surface area contributed by atoms with Crippen LogP contribution in [-0.2, 0) is 13.1 Å². The molecule has 2 N–H and O–H groups in total. The van der Waals surface area contributed by atoms with Gasteiger partial charge in [0.1, 0.15) is 4.64 Å². The maximum atomic E-state index is 12.1. The Morgan fingerprint density at radius 2 is 1.83 bits per heavy atom. The fraction of sp³-hybridized carbons (Fsp3) is 0.333. The Morgan fingerprint density at radius 1 is 1.13 bits per heavy atom. The van der Waals surface area contributed by atoms with E-state index in [0.717, 1.165) is 12.1 Å². The summed E-state index contributed by atoms with van der Waals surface area (Å²) in [4.78, 5) is 17.5. The molecule has 0 spiro atoms. The van der Waals surface area contributed by atoms with E-state index in [1.807, 2.05) is 0 Å². The molecule has 2 aromatic rings. The summed E-state index contributed by atoms with van der Waals surface area (Å²) in [6, 6.07) is 12.0. The van der Waals surface area contributed by atoms with Gasteiger partial charge in [-0.2, -0.15) is 0 Å². The summed E-state index contributed by atoms with van der Waals surface area (Å²) in [5, 5.41) is 2.91. The van der Waals surface area contributed by atoms with E-state index in [1.165, 1.54) is 31.5 Å². The summed E-state index contributed by atoms with van der Waals surface area (Å²) < 4.78 is 0.464. The Morgan fingerprint density at radius 3 is 2.52 bits per heavy atom. The molecule has 4 nitrogen and oxygen atoms in total. The third-order valence-electron chi connectivity index (χ3n) is 4.14. The lowest BCUT2D eigenvalue weighted by atomic mass is 10.1. The van der Waals surface area contributed by atoms with Crippen molar-refractivity contribution < 1.29 is 4.79 Å². The molecule has 1 aromatic heterocycles. The Balaban J connectivity index is 1.55. The summed E-state index contributed by atoms with van der Waals surface area (Å²) in [6.45, 7) is 3.93. The molecule has 0 saturated carbocycles. The van der Waals surface area contributed by atoms with Crippen LogP contribution in [0, 0.1) is 4.64 Å². The van der Waals surface area contributed by atoms with Crippen molar-refractivity contribution in [1.82, 2.24) is 15.2 Å². The summed E-state index contributed by atoms with van der Waals surface area (Å²) in [5.41, 5.74) is 2.93. The van der Waals surface area contributed by atoms with E-state index in [0.29, 0.717) is 16.7 Å². The Kier molecular flexibility index (Phi) is 5.20. The minimum absolute atomic E-state index is 0.145. The highest BCUT2D eigenvalue weighted by Gasteiger charge is 2.11. The van der Waals surface area contributed by atoms with Crippen molar-refractivity contribution in [3.05, 3.63) is 63.9 Å². The zero-order chi connectivity index (χ0) is 16.1. The lowest BCUT2D eigenvalue weighted by molar-refractivity contribution is 0.0950. The minimum atomic E-state index is -0.145. The van der Waals surface area contributed by atoms with Gasteiger partial charge in [0, 0.05) is 19.3 Å². The minimum Gasteiger partial charge on any atom is -0.352 e. The van der Waals surface area contributed by atoms with E-state index in [4.69, 9.17) is 12.2 Å². The number of hydrogen-bond donors (Lipinski definition) is 2. The maximum Gasteiger partial charge on any atom is 0.254 e. The monoisotopic (exact) mass is 327 g/mol. The van der Waals surface area contributed by atoms with Crippen molar-refractivity contribution in [3.8, 4) is 0 Å². The Bertz CT molecular complexity index is 718. The van der Waals surface area contributed by atoms with E-state index in [9.17, 15) is 4.79 Å². The predicted octanol–water partition coefficient (Wildman–Crippen LogP) is 3.27. The second kappa shape index (κ2) is 7.53. The van der Waals surface area contributed by atoms with E-state index in [1.54, 1.807) is 18.3 Å². The number of likely N-dealkylation sites (tertiary alicyclic amines) is 1. The second-order valence-corrected chi connectivity index (χ2v) is 6.30. The number of benzene rings is 1. The lowest BCUT2D eigenvalue weighted by Crippen LogP contribution is -2.23. The largest absolute Gasteiger partial charge is 0.352 e. The zero-order valence-electron chi connectivity index (χ0n) is 13.0. The van der Waals surface area contributed by atoms with Crippen LogP contribution in [0.1, 0.15) is 34.3 Å². The Hall–Kier alpha value is -1.98. The van der Waals surface area contributed by atoms with Gasteiger partial charge in [0.05, 0.1) is 5.56 Å². The average Bonchev–Trinajstić information content (AvgIpc) is 3.07. The van der Waals surface area contributed by atoms with Crippen LogP contribution in [0.25, 0.3) is 0 Å². The summed E-state index contributed by atoms with van der Waals surface area (Å²) in [5.74, 6) is -0.145. The molecule has 1 amide bonds. The van der Waals surface area contributed by atoms with Crippen molar-refractivity contribution in [3.63, 3.8) is 0 Å². The smallest absolute Gasteiger partial charge is 0.254 e. The van der Waals surface area contributed by atoms with Gasteiger partial charge < -0.3 is 10.3 Å². The van der Waals surface area contributed by atoms with E-state index in [2.05, 4.69) is 39.5 Å². The van der Waals surface area contributed by atoms with Crippen LogP contribution >= 0.6 is 12.2 Å². The fourth-order valence-electron chi connectivity index (χ4n) is 2.84. The number of carbonyl (C=O) groups is 1. The zero-order valence-corrected chi connectivity index (χ0v) is 13.9. The van der Waals surface area contributed by atoms with Crippen LogP contribution in [0.2, 0.25) is 0 Å². The normalized spacial score (nSPS) is 14.8. The van der Waals surface area contributed by atoms with Gasteiger partial charge in [-0.1, -0.05) is 36.5 Å². The fourth-order valence-corrected chi connectivity index (χ4v) is 3.07. The quantitative estimate of drug-likeness (QED) is 0.829. The number of pyridine rings is 1. The van der Waals surface area contributed by atoms with Gasteiger partial charge in [0.2, 0.25) is 0 Å². The van der Waals surface area contributed by atoms with Gasteiger partial charge >= 0.3 is 0 Å². The van der Waals surface area contributed by atoms with Crippen LogP contribution in [-0.4, -0.2) is 28.9 Å². The van der Waals surface area contributed by atoms with E-state index >= 15 is 0 Å². The van der Waals surface area contributed by atoms with Gasteiger partial charge in [-0.15, -0.1) is 0 Å². The van der Waals surface area contributed by atoms with Crippen LogP contribution in [0.4, 0.5) is 0 Å². The van der Waals surface area contributed by atoms with Crippen LogP contribution < -0.4 is 5.32 Å². The summed E-state index contributed by atoms with van der Waals surface area (Å²) in [6.07, 6.45) is 4.34. The number of aromatic nitrogens is 1. The molecule has 0 aliphatic carbocycles. The number of rotatable bonds is 5. The van der Waals surface area contributed by atoms with Crippen LogP contribution in [0.5, 0.6) is 0 Å². The first-order valence-electron chi connectivity index (χ1n) is 7.98. The van der Waals surface area contributed by atoms with Crippen molar-refractivity contribution in [2.75, 3.05) is 13.1 Å². The van der Waals surface area contributed by atoms with Gasteiger partial charge in [-0.3, -0.25) is 9.69 Å². The second-order valence-electron chi connectivity index (χ2n) is 5.90. The third-order valence-corrected chi connectivity index (χ3v) is 4.48. The average molecular weight is 327 g/mol. The molecule has 1 aliphatic heterocycles. The van der Waals surface area contributed by atoms with Crippen molar-refractivity contribution in [2.45, 2.75) is 25.9 Å². The van der Waals surface area contributed by atoms with Gasteiger partial charge in [-0.25, -0.2) is 0 Å². The van der Waals surface area contributed by atoms with E-state index < -0.39 is 0 Å². The highest BCUT2D eigenvalue weighted by atomic mass is 32.1. The van der Waals surface area contributed by atoms with Gasteiger partial charge in [0.25, 0.3) is 5.91 Å². The van der Waals surface area contributed by atoms with Gasteiger partial charge in [-0.05, 0) is 49.2 Å². The number of amides is 1. The van der Waals surface area contributed by atoms with Crippen molar-refractivity contribution >= 4 is 18.1 Å². The summed E-state index contributed by atoms with van der Waals surface area (Å²) in [7, 11) is 0.